The molecule has 25 heavy (non-hydrogen) atoms. The van der Waals surface area contributed by atoms with Gasteiger partial charge >= 0.3 is 5.97 Å². The second-order valence-electron chi connectivity index (χ2n) is 6.62. The van der Waals surface area contributed by atoms with Gasteiger partial charge in [-0.1, -0.05) is 26.8 Å². The van der Waals surface area contributed by atoms with Crippen molar-refractivity contribution in [2.75, 3.05) is 7.11 Å². The van der Waals surface area contributed by atoms with Gasteiger partial charge in [-0.3, -0.25) is 9.59 Å². The van der Waals surface area contributed by atoms with Gasteiger partial charge in [-0.25, -0.2) is 9.18 Å². The van der Waals surface area contributed by atoms with Crippen LogP contribution in [-0.4, -0.2) is 36.0 Å². The summed E-state index contributed by atoms with van der Waals surface area (Å²) in [6.07, 6.45) is 0. The highest BCUT2D eigenvalue weighted by atomic mass is 19.1. The third-order valence-corrected chi connectivity index (χ3v) is 3.46. The first-order chi connectivity index (χ1) is 11.5. The maximum atomic E-state index is 13.8. The van der Waals surface area contributed by atoms with Gasteiger partial charge in [0.05, 0.1) is 7.11 Å². The Morgan fingerprint density at radius 3 is 2.24 bits per heavy atom. The zero-order valence-electron chi connectivity index (χ0n) is 14.8. The molecule has 2 amide bonds. The number of nitrogens with one attached hydrogen (secondary N) is 2. The van der Waals surface area contributed by atoms with Crippen LogP contribution in [0.3, 0.4) is 0 Å². The monoisotopic (exact) mass is 354 g/mol. The highest BCUT2D eigenvalue weighted by Crippen LogP contribution is 2.22. The third-order valence-electron chi connectivity index (χ3n) is 3.46. The quantitative estimate of drug-likeness (QED) is 0.720. The summed E-state index contributed by atoms with van der Waals surface area (Å²) in [5.74, 6) is -3.18. The molecule has 3 N–H and O–H groups in total. The van der Waals surface area contributed by atoms with E-state index in [1.54, 1.807) is 20.8 Å². The van der Waals surface area contributed by atoms with E-state index < -0.39 is 35.2 Å². The van der Waals surface area contributed by atoms with E-state index in [2.05, 4.69) is 10.6 Å². The molecule has 0 fully saturated rings. The molecule has 0 aliphatic rings. The summed E-state index contributed by atoms with van der Waals surface area (Å²) < 4.78 is 18.6. The first kappa shape index (κ1) is 20.4. The number of carboxylic acids is 1. The smallest absolute Gasteiger partial charge is 0.330 e. The molecule has 0 heterocycles. The minimum Gasteiger partial charge on any atom is -0.494 e. The Kier molecular flexibility index (Phi) is 6.49. The van der Waals surface area contributed by atoms with E-state index in [-0.39, 0.29) is 17.2 Å². The van der Waals surface area contributed by atoms with E-state index in [1.807, 2.05) is 0 Å². The molecule has 7 nitrogen and oxygen atoms in total. The first-order valence-corrected chi connectivity index (χ1v) is 7.65. The number of carbonyl (C=O) groups is 3. The van der Waals surface area contributed by atoms with E-state index in [4.69, 9.17) is 4.74 Å². The predicted molar refractivity (Wildman–Crippen MR) is 88.5 cm³/mol. The summed E-state index contributed by atoms with van der Waals surface area (Å²) in [4.78, 5) is 35.6. The van der Waals surface area contributed by atoms with Crippen LogP contribution in [0.2, 0.25) is 0 Å². The molecular weight excluding hydrogens is 331 g/mol. The average molecular weight is 354 g/mol. The summed E-state index contributed by atoms with van der Waals surface area (Å²) in [6.45, 7) is 6.50. The molecule has 0 bridgehead atoms. The molecule has 1 rings (SSSR count). The summed E-state index contributed by atoms with van der Waals surface area (Å²) in [5, 5.41) is 14.1. The Bertz CT molecular complexity index is 669. The fourth-order valence-electron chi connectivity index (χ4n) is 1.90. The van der Waals surface area contributed by atoms with Gasteiger partial charge in [-0.05, 0) is 24.6 Å². The van der Waals surface area contributed by atoms with Crippen molar-refractivity contribution < 1.29 is 28.6 Å². The number of amides is 2. The molecule has 1 aromatic rings. The van der Waals surface area contributed by atoms with Crippen LogP contribution in [0, 0.1) is 11.2 Å². The zero-order chi connectivity index (χ0) is 19.4. The van der Waals surface area contributed by atoms with Crippen LogP contribution in [0.15, 0.2) is 18.2 Å². The topological polar surface area (TPSA) is 105 Å². The average Bonchev–Trinajstić information content (AvgIpc) is 2.50. The fraction of sp³-hybridized carbons (Fsp3) is 0.471. The highest BCUT2D eigenvalue weighted by Gasteiger charge is 2.28. The molecule has 0 aliphatic carbocycles. The molecule has 0 spiro atoms. The molecular formula is C17H23FN2O5. The van der Waals surface area contributed by atoms with E-state index in [0.29, 0.717) is 0 Å². The normalized spacial score (nSPS) is 13.5. The molecule has 138 valence electrons. The maximum Gasteiger partial charge on any atom is 0.330 e. The van der Waals surface area contributed by atoms with E-state index in [9.17, 15) is 23.9 Å². The predicted octanol–water partition coefficient (Wildman–Crippen LogP) is 1.63. The van der Waals surface area contributed by atoms with Gasteiger partial charge in [-0.15, -0.1) is 0 Å². The number of hydrogen-bond acceptors (Lipinski definition) is 4. The van der Waals surface area contributed by atoms with Crippen molar-refractivity contribution in [3.63, 3.8) is 0 Å². The molecule has 0 saturated heterocycles. The maximum absolute atomic E-state index is 13.8. The fourth-order valence-corrected chi connectivity index (χ4v) is 1.90. The minimum absolute atomic E-state index is 0.0370. The number of benzene rings is 1. The molecule has 0 radical (unpaired) electrons. The van der Waals surface area contributed by atoms with Crippen molar-refractivity contribution in [1.82, 2.24) is 10.6 Å². The Hall–Kier alpha value is -2.64. The zero-order valence-corrected chi connectivity index (χ0v) is 14.8. The van der Waals surface area contributed by atoms with Crippen LogP contribution in [-0.2, 0) is 14.4 Å². The van der Waals surface area contributed by atoms with Crippen molar-refractivity contribution in [2.45, 2.75) is 39.8 Å². The van der Waals surface area contributed by atoms with Gasteiger partial charge in [0.15, 0.2) is 17.6 Å². The standard InChI is InChI=1S/C17H23FN2O5/c1-9(19-16(24)17(2,3)4)14(21)20-13(15(22)23)10-6-7-12(25-5)11(18)8-10/h6-9,13H,1-5H3,(H,19,24)(H,20,21)(H,22,23). The lowest BCUT2D eigenvalue weighted by Crippen LogP contribution is -2.49. The minimum atomic E-state index is -1.46. The summed E-state index contributed by atoms with van der Waals surface area (Å²) in [5.41, 5.74) is -0.645. The summed E-state index contributed by atoms with van der Waals surface area (Å²) in [6, 6.07) is 1.20. The Labute approximate surface area is 145 Å². The number of halogens is 1. The van der Waals surface area contributed by atoms with Crippen molar-refractivity contribution in [2.24, 2.45) is 5.41 Å². The van der Waals surface area contributed by atoms with Crippen LogP contribution >= 0.6 is 0 Å². The highest BCUT2D eigenvalue weighted by molar-refractivity contribution is 5.91. The number of ether oxygens (including phenoxy) is 1. The van der Waals surface area contributed by atoms with Crippen molar-refractivity contribution in [3.05, 3.63) is 29.6 Å². The summed E-state index contributed by atoms with van der Waals surface area (Å²) in [7, 11) is 1.29. The third kappa shape index (κ3) is 5.44. The van der Waals surface area contributed by atoms with Gasteiger partial charge in [-0.2, -0.15) is 0 Å². The number of carbonyl (C=O) groups excluding carboxylic acids is 2. The van der Waals surface area contributed by atoms with Crippen LogP contribution < -0.4 is 15.4 Å². The van der Waals surface area contributed by atoms with Crippen molar-refractivity contribution in [3.8, 4) is 5.75 Å². The Morgan fingerprint density at radius 1 is 1.20 bits per heavy atom. The Morgan fingerprint density at radius 2 is 1.80 bits per heavy atom. The number of methoxy groups -OCH3 is 1. The van der Waals surface area contributed by atoms with Gasteiger partial charge < -0.3 is 20.5 Å². The number of aliphatic carboxylic acids is 1. The number of rotatable bonds is 6. The molecule has 2 atom stereocenters. The molecule has 0 saturated carbocycles. The lowest BCUT2D eigenvalue weighted by Gasteiger charge is -2.23. The molecule has 8 heteroatoms. The van der Waals surface area contributed by atoms with Crippen molar-refractivity contribution in [1.29, 1.82) is 0 Å². The lowest BCUT2D eigenvalue weighted by atomic mass is 9.95. The van der Waals surface area contributed by atoms with Crippen molar-refractivity contribution >= 4 is 17.8 Å². The van der Waals surface area contributed by atoms with Gasteiger partial charge in [0, 0.05) is 5.41 Å². The van der Waals surface area contributed by atoms with Gasteiger partial charge in [0.25, 0.3) is 0 Å². The van der Waals surface area contributed by atoms with E-state index in [1.165, 1.54) is 26.2 Å². The number of carboxylic acid groups (broad SMARTS) is 1. The number of hydrogen-bond donors (Lipinski definition) is 3. The second kappa shape index (κ2) is 7.96. The molecule has 2 unspecified atom stereocenters. The second-order valence-corrected chi connectivity index (χ2v) is 6.62. The molecule has 1 aromatic carbocycles. The summed E-state index contributed by atoms with van der Waals surface area (Å²) >= 11 is 0. The van der Waals surface area contributed by atoms with E-state index in [0.717, 1.165) is 6.07 Å². The van der Waals surface area contributed by atoms with Crippen LogP contribution in [0.4, 0.5) is 4.39 Å². The first-order valence-electron chi connectivity index (χ1n) is 7.65. The van der Waals surface area contributed by atoms with Crippen LogP contribution in [0.25, 0.3) is 0 Å². The largest absolute Gasteiger partial charge is 0.494 e. The van der Waals surface area contributed by atoms with Crippen LogP contribution in [0.1, 0.15) is 39.3 Å². The Balaban J connectivity index is 2.91. The molecule has 0 aromatic heterocycles. The SMILES string of the molecule is COc1ccc(C(NC(=O)C(C)NC(=O)C(C)(C)C)C(=O)O)cc1F. The van der Waals surface area contributed by atoms with Gasteiger partial charge in [0.2, 0.25) is 11.8 Å². The molecule has 0 aliphatic heterocycles. The van der Waals surface area contributed by atoms with Gasteiger partial charge in [0.1, 0.15) is 6.04 Å². The van der Waals surface area contributed by atoms with Crippen LogP contribution in [0.5, 0.6) is 5.75 Å². The van der Waals surface area contributed by atoms with E-state index >= 15 is 0 Å². The lowest BCUT2D eigenvalue weighted by molar-refractivity contribution is -0.142.